The molecule has 0 bridgehead atoms. The number of hydrogen-bond donors (Lipinski definition) is 0. The van der Waals surface area contributed by atoms with Crippen molar-refractivity contribution in [3.05, 3.63) is 35.7 Å². The molecule has 6 nitrogen and oxygen atoms in total. The molecule has 2 aromatic rings. The van der Waals surface area contributed by atoms with Gasteiger partial charge in [0.2, 0.25) is 0 Å². The summed E-state index contributed by atoms with van der Waals surface area (Å²) in [6, 6.07) is 9.55. The van der Waals surface area contributed by atoms with Gasteiger partial charge in [-0.3, -0.25) is 9.59 Å². The van der Waals surface area contributed by atoms with Gasteiger partial charge < -0.3 is 14.2 Å². The molecule has 3 rings (SSSR count). The molecule has 0 saturated carbocycles. The minimum Gasteiger partial charge on any atom is -0.497 e. The van der Waals surface area contributed by atoms with Crippen molar-refractivity contribution in [2.45, 2.75) is 19.6 Å². The molecule has 1 aromatic carbocycles. The number of carbonyl (C=O) groups is 2. The number of cyclic esters (lactones) is 2. The van der Waals surface area contributed by atoms with E-state index in [1.54, 1.807) is 7.11 Å². The van der Waals surface area contributed by atoms with Crippen LogP contribution in [-0.2, 0) is 19.1 Å². The van der Waals surface area contributed by atoms with Crippen LogP contribution in [0.1, 0.15) is 13.8 Å². The van der Waals surface area contributed by atoms with E-state index in [2.05, 4.69) is 4.99 Å². The van der Waals surface area contributed by atoms with Crippen LogP contribution in [0.5, 0.6) is 5.75 Å². The summed E-state index contributed by atoms with van der Waals surface area (Å²) < 4.78 is 15.3. The summed E-state index contributed by atoms with van der Waals surface area (Å²) >= 11 is 1.41. The van der Waals surface area contributed by atoms with Gasteiger partial charge in [0.05, 0.1) is 7.11 Å². The van der Waals surface area contributed by atoms with Crippen molar-refractivity contribution in [3.8, 4) is 16.9 Å². The average Bonchev–Trinajstić information content (AvgIpc) is 3.02. The summed E-state index contributed by atoms with van der Waals surface area (Å²) in [6.45, 7) is 3.02. The summed E-state index contributed by atoms with van der Waals surface area (Å²) in [5, 5.41) is 2.62. The van der Waals surface area contributed by atoms with Crippen LogP contribution in [0.2, 0.25) is 0 Å². The van der Waals surface area contributed by atoms with Crippen LogP contribution in [0, 0.1) is 5.92 Å². The quantitative estimate of drug-likeness (QED) is 0.474. The Bertz CT molecular complexity index is 819. The fourth-order valence-corrected chi connectivity index (χ4v) is 3.11. The Labute approximate surface area is 149 Å². The molecule has 7 heteroatoms. The number of aliphatic imine (C=N–C) groups is 1. The van der Waals surface area contributed by atoms with Crippen molar-refractivity contribution < 1.29 is 23.8 Å². The lowest BCUT2D eigenvalue weighted by Crippen LogP contribution is -2.46. The second-order valence-corrected chi connectivity index (χ2v) is 6.79. The normalized spacial score (nSPS) is 17.4. The standard InChI is InChI=1S/C18H17NO5S/c1-18(2)23-16(20)14(17(21)24-18)9-19-15-8-12(10-25-15)11-5-4-6-13(7-11)22-3/h4-10,14H,1-3H3. The molecule has 0 N–H and O–H groups in total. The third-order valence-electron chi connectivity index (χ3n) is 3.54. The van der Waals surface area contributed by atoms with E-state index in [0.29, 0.717) is 5.00 Å². The lowest BCUT2D eigenvalue weighted by molar-refractivity contribution is -0.235. The number of thiophene rings is 1. The van der Waals surface area contributed by atoms with Crippen molar-refractivity contribution in [2.75, 3.05) is 7.11 Å². The van der Waals surface area contributed by atoms with E-state index in [9.17, 15) is 9.59 Å². The first-order chi connectivity index (χ1) is 11.9. The molecule has 0 unspecified atom stereocenters. The van der Waals surface area contributed by atoms with Crippen LogP contribution in [0.15, 0.2) is 40.7 Å². The molecule has 0 spiro atoms. The Morgan fingerprint density at radius 2 is 1.88 bits per heavy atom. The van der Waals surface area contributed by atoms with E-state index in [0.717, 1.165) is 16.9 Å². The number of benzene rings is 1. The van der Waals surface area contributed by atoms with Gasteiger partial charge in [0.25, 0.3) is 5.79 Å². The van der Waals surface area contributed by atoms with E-state index in [1.807, 2.05) is 35.7 Å². The highest BCUT2D eigenvalue weighted by atomic mass is 32.1. The van der Waals surface area contributed by atoms with Crippen molar-refractivity contribution in [3.63, 3.8) is 0 Å². The summed E-state index contributed by atoms with van der Waals surface area (Å²) in [4.78, 5) is 28.1. The van der Waals surface area contributed by atoms with Crippen molar-refractivity contribution in [2.24, 2.45) is 10.9 Å². The minimum atomic E-state index is -1.24. The van der Waals surface area contributed by atoms with Gasteiger partial charge in [0, 0.05) is 25.4 Å². The van der Waals surface area contributed by atoms with Gasteiger partial charge in [0.15, 0.2) is 5.92 Å². The number of methoxy groups -OCH3 is 1. The van der Waals surface area contributed by atoms with E-state index in [-0.39, 0.29) is 0 Å². The first-order valence-electron chi connectivity index (χ1n) is 7.61. The molecule has 0 amide bonds. The zero-order chi connectivity index (χ0) is 18.0. The maximum atomic E-state index is 11.9. The molecule has 25 heavy (non-hydrogen) atoms. The fraction of sp³-hybridized carbons (Fsp3) is 0.278. The lowest BCUT2D eigenvalue weighted by Gasteiger charge is -2.31. The van der Waals surface area contributed by atoms with Crippen LogP contribution < -0.4 is 4.74 Å². The van der Waals surface area contributed by atoms with E-state index in [4.69, 9.17) is 14.2 Å². The van der Waals surface area contributed by atoms with Crippen LogP contribution in [0.25, 0.3) is 11.1 Å². The van der Waals surface area contributed by atoms with Gasteiger partial charge in [-0.15, -0.1) is 11.3 Å². The molecule has 2 heterocycles. The third-order valence-corrected chi connectivity index (χ3v) is 4.38. The highest BCUT2D eigenvalue weighted by Gasteiger charge is 2.42. The minimum absolute atomic E-state index is 0.658. The Hall–Kier alpha value is -2.67. The van der Waals surface area contributed by atoms with Gasteiger partial charge in [-0.1, -0.05) is 12.1 Å². The Morgan fingerprint density at radius 3 is 2.56 bits per heavy atom. The highest BCUT2D eigenvalue weighted by Crippen LogP contribution is 2.32. The van der Waals surface area contributed by atoms with Crippen molar-refractivity contribution in [1.29, 1.82) is 0 Å². The second-order valence-electron chi connectivity index (χ2n) is 5.90. The molecule has 0 aliphatic carbocycles. The molecule has 1 fully saturated rings. The Kier molecular flexibility index (Phi) is 4.59. The molecule has 0 atom stereocenters. The zero-order valence-corrected chi connectivity index (χ0v) is 14.8. The number of nitrogens with zero attached hydrogens (tertiary/aromatic N) is 1. The fourth-order valence-electron chi connectivity index (χ4n) is 2.34. The highest BCUT2D eigenvalue weighted by molar-refractivity contribution is 7.14. The summed E-state index contributed by atoms with van der Waals surface area (Å²) in [5.74, 6) is -2.93. The van der Waals surface area contributed by atoms with E-state index >= 15 is 0 Å². The zero-order valence-electron chi connectivity index (χ0n) is 14.0. The molecule has 1 aromatic heterocycles. The smallest absolute Gasteiger partial charge is 0.329 e. The van der Waals surface area contributed by atoms with Gasteiger partial charge in [0.1, 0.15) is 10.8 Å². The molecule has 130 valence electrons. The second kappa shape index (κ2) is 6.68. The van der Waals surface area contributed by atoms with Gasteiger partial charge in [-0.05, 0) is 29.3 Å². The number of rotatable bonds is 4. The van der Waals surface area contributed by atoms with Crippen LogP contribution in [0.4, 0.5) is 5.00 Å². The average molecular weight is 359 g/mol. The summed E-state index contributed by atoms with van der Waals surface area (Å²) in [7, 11) is 1.62. The topological polar surface area (TPSA) is 74.2 Å². The number of hydrogen-bond acceptors (Lipinski definition) is 7. The summed E-state index contributed by atoms with van der Waals surface area (Å²) in [6.07, 6.45) is 1.26. The van der Waals surface area contributed by atoms with Crippen molar-refractivity contribution in [1.82, 2.24) is 0 Å². The monoisotopic (exact) mass is 359 g/mol. The third kappa shape index (κ3) is 3.88. The Balaban J connectivity index is 1.76. The summed E-state index contributed by atoms with van der Waals surface area (Å²) in [5.41, 5.74) is 1.97. The number of carbonyl (C=O) groups excluding carboxylic acids is 2. The van der Waals surface area contributed by atoms with Crippen LogP contribution in [-0.4, -0.2) is 31.1 Å². The van der Waals surface area contributed by atoms with Crippen molar-refractivity contribution >= 4 is 34.5 Å². The first kappa shape index (κ1) is 17.2. The maximum Gasteiger partial charge on any atom is 0.329 e. The SMILES string of the molecule is COc1cccc(-c2csc(N=CC3C(=O)OC(C)(C)OC3=O)c2)c1. The van der Waals surface area contributed by atoms with Gasteiger partial charge in [-0.2, -0.15) is 0 Å². The van der Waals surface area contributed by atoms with Gasteiger partial charge in [-0.25, -0.2) is 4.99 Å². The predicted octanol–water partition coefficient (Wildman–Crippen LogP) is 3.58. The van der Waals surface area contributed by atoms with Gasteiger partial charge >= 0.3 is 11.9 Å². The van der Waals surface area contributed by atoms with Crippen LogP contribution in [0.3, 0.4) is 0 Å². The predicted molar refractivity (Wildman–Crippen MR) is 94.2 cm³/mol. The van der Waals surface area contributed by atoms with E-state index < -0.39 is 23.6 Å². The maximum absolute atomic E-state index is 11.9. The molecule has 1 saturated heterocycles. The molecular formula is C18H17NO5S. The molecule has 1 aliphatic rings. The Morgan fingerprint density at radius 1 is 1.16 bits per heavy atom. The van der Waals surface area contributed by atoms with E-state index in [1.165, 1.54) is 31.4 Å². The number of ether oxygens (including phenoxy) is 3. The molecule has 1 aliphatic heterocycles. The largest absolute Gasteiger partial charge is 0.497 e. The molecular weight excluding hydrogens is 342 g/mol. The number of esters is 2. The van der Waals surface area contributed by atoms with Crippen LogP contribution >= 0.6 is 11.3 Å². The first-order valence-corrected chi connectivity index (χ1v) is 8.49. The lowest BCUT2D eigenvalue weighted by atomic mass is 10.1. The molecule has 0 radical (unpaired) electrons.